The normalized spacial score (nSPS) is 39.9. The highest BCUT2D eigenvalue weighted by Gasteiger charge is 2.40. The summed E-state index contributed by atoms with van der Waals surface area (Å²) in [5.74, 6) is 3.18. The van der Waals surface area contributed by atoms with Crippen molar-refractivity contribution in [2.24, 2.45) is 23.7 Å². The zero-order valence-corrected chi connectivity index (χ0v) is 11.5. The van der Waals surface area contributed by atoms with Gasteiger partial charge < -0.3 is 10.2 Å². The number of rotatable bonds is 2. The molecule has 3 heteroatoms. The number of nitrogens with zero attached hydrogens (tertiary/aromatic N) is 1. The molecule has 0 aromatic rings. The van der Waals surface area contributed by atoms with Crippen molar-refractivity contribution in [3.05, 3.63) is 0 Å². The van der Waals surface area contributed by atoms with E-state index < -0.39 is 0 Å². The van der Waals surface area contributed by atoms with Crippen molar-refractivity contribution >= 4 is 5.91 Å². The average Bonchev–Trinajstić information content (AvgIpc) is 2.99. The van der Waals surface area contributed by atoms with Crippen LogP contribution in [0.15, 0.2) is 0 Å². The SMILES string of the molecule is CCC1CCC(C(=O)N2C[C@H]3CNC[C@H]3C2)CC1. The molecular formula is C15H26N2O. The van der Waals surface area contributed by atoms with Crippen molar-refractivity contribution in [2.45, 2.75) is 39.0 Å². The Morgan fingerprint density at radius 3 is 2.28 bits per heavy atom. The molecule has 1 saturated carbocycles. The van der Waals surface area contributed by atoms with Crippen LogP contribution in [0.2, 0.25) is 0 Å². The van der Waals surface area contributed by atoms with E-state index in [-0.39, 0.29) is 0 Å². The predicted octanol–water partition coefficient (Wildman–Crippen LogP) is 1.88. The van der Waals surface area contributed by atoms with Crippen LogP contribution < -0.4 is 5.32 Å². The predicted molar refractivity (Wildman–Crippen MR) is 72.2 cm³/mol. The highest BCUT2D eigenvalue weighted by atomic mass is 16.2. The van der Waals surface area contributed by atoms with E-state index in [1.54, 1.807) is 0 Å². The van der Waals surface area contributed by atoms with Crippen molar-refractivity contribution in [3.63, 3.8) is 0 Å². The van der Waals surface area contributed by atoms with Crippen LogP contribution in [0.1, 0.15) is 39.0 Å². The Kier molecular flexibility index (Phi) is 3.60. The summed E-state index contributed by atoms with van der Waals surface area (Å²) in [5.41, 5.74) is 0. The molecule has 3 aliphatic rings. The molecule has 3 rings (SSSR count). The second-order valence-electron chi connectivity index (χ2n) is 6.55. The summed E-state index contributed by atoms with van der Waals surface area (Å²) in [6.45, 7) is 6.56. The maximum Gasteiger partial charge on any atom is 0.225 e. The number of hydrogen-bond donors (Lipinski definition) is 1. The summed E-state index contributed by atoms with van der Waals surface area (Å²) in [6.07, 6.45) is 6.12. The number of hydrogen-bond acceptors (Lipinski definition) is 2. The summed E-state index contributed by atoms with van der Waals surface area (Å²) in [6, 6.07) is 0. The molecule has 3 fully saturated rings. The first kappa shape index (κ1) is 12.5. The Labute approximate surface area is 110 Å². The van der Waals surface area contributed by atoms with Crippen molar-refractivity contribution in [3.8, 4) is 0 Å². The molecule has 0 unspecified atom stereocenters. The first-order chi connectivity index (χ1) is 8.78. The van der Waals surface area contributed by atoms with Gasteiger partial charge in [0.25, 0.3) is 0 Å². The van der Waals surface area contributed by atoms with Gasteiger partial charge >= 0.3 is 0 Å². The van der Waals surface area contributed by atoms with Crippen molar-refractivity contribution in [1.82, 2.24) is 10.2 Å². The van der Waals surface area contributed by atoms with Crippen molar-refractivity contribution in [2.75, 3.05) is 26.2 Å². The highest BCUT2D eigenvalue weighted by molar-refractivity contribution is 5.79. The fourth-order valence-electron chi connectivity index (χ4n) is 4.11. The number of amides is 1. The van der Waals surface area contributed by atoms with Crippen molar-refractivity contribution in [1.29, 1.82) is 0 Å². The van der Waals surface area contributed by atoms with E-state index in [4.69, 9.17) is 0 Å². The van der Waals surface area contributed by atoms with Gasteiger partial charge in [0.1, 0.15) is 0 Å². The monoisotopic (exact) mass is 250 g/mol. The lowest BCUT2D eigenvalue weighted by atomic mass is 9.80. The fraction of sp³-hybridized carbons (Fsp3) is 0.933. The van der Waals surface area contributed by atoms with Crippen LogP contribution in [0.4, 0.5) is 0 Å². The summed E-state index contributed by atoms with van der Waals surface area (Å²) in [5, 5.41) is 3.44. The smallest absolute Gasteiger partial charge is 0.225 e. The van der Waals surface area contributed by atoms with Crippen LogP contribution in [0.25, 0.3) is 0 Å². The van der Waals surface area contributed by atoms with Gasteiger partial charge in [-0.05, 0) is 43.4 Å². The maximum absolute atomic E-state index is 12.5. The van der Waals surface area contributed by atoms with Crippen LogP contribution in [0.3, 0.4) is 0 Å². The van der Waals surface area contributed by atoms with Gasteiger partial charge in [0.15, 0.2) is 0 Å². The van der Waals surface area contributed by atoms with Crippen LogP contribution in [-0.2, 0) is 4.79 Å². The fourth-order valence-corrected chi connectivity index (χ4v) is 4.11. The van der Waals surface area contributed by atoms with E-state index in [0.717, 1.165) is 56.8 Å². The number of carbonyl (C=O) groups excluding carboxylic acids is 1. The summed E-state index contributed by atoms with van der Waals surface area (Å²) >= 11 is 0. The zero-order chi connectivity index (χ0) is 12.5. The lowest BCUT2D eigenvalue weighted by Crippen LogP contribution is -2.37. The molecule has 2 aliphatic heterocycles. The molecule has 102 valence electrons. The third-order valence-electron chi connectivity index (χ3n) is 5.47. The van der Waals surface area contributed by atoms with Gasteiger partial charge in [0.05, 0.1) is 0 Å². The van der Waals surface area contributed by atoms with E-state index in [0.29, 0.717) is 11.8 Å². The Hall–Kier alpha value is -0.570. The minimum absolute atomic E-state index is 0.347. The quantitative estimate of drug-likeness (QED) is 0.811. The van der Waals surface area contributed by atoms with E-state index >= 15 is 0 Å². The molecule has 2 saturated heterocycles. The van der Waals surface area contributed by atoms with Gasteiger partial charge in [-0.3, -0.25) is 4.79 Å². The topological polar surface area (TPSA) is 32.3 Å². The molecule has 2 atom stereocenters. The molecule has 18 heavy (non-hydrogen) atoms. The lowest BCUT2D eigenvalue weighted by Gasteiger charge is -2.30. The maximum atomic E-state index is 12.5. The number of fused-ring (bicyclic) bond motifs is 1. The van der Waals surface area contributed by atoms with Gasteiger partial charge in [-0.15, -0.1) is 0 Å². The minimum Gasteiger partial charge on any atom is -0.342 e. The summed E-state index contributed by atoms with van der Waals surface area (Å²) in [4.78, 5) is 14.7. The van der Waals surface area contributed by atoms with E-state index in [1.807, 2.05) is 0 Å². The van der Waals surface area contributed by atoms with Gasteiger partial charge in [-0.25, -0.2) is 0 Å². The molecular weight excluding hydrogens is 224 g/mol. The standard InChI is InChI=1S/C15H26N2O/c1-2-11-3-5-12(6-4-11)15(18)17-9-13-7-16-8-14(13)10-17/h11-14,16H,2-10H2,1H3/t11?,12?,13-,14+. The van der Waals surface area contributed by atoms with E-state index in [2.05, 4.69) is 17.1 Å². The number of likely N-dealkylation sites (tertiary alicyclic amines) is 1. The number of nitrogens with one attached hydrogen (secondary N) is 1. The van der Waals surface area contributed by atoms with E-state index in [1.165, 1.54) is 19.3 Å². The van der Waals surface area contributed by atoms with Crippen LogP contribution >= 0.6 is 0 Å². The largest absolute Gasteiger partial charge is 0.342 e. The minimum atomic E-state index is 0.347. The third-order valence-corrected chi connectivity index (χ3v) is 5.47. The molecule has 1 aliphatic carbocycles. The molecule has 2 heterocycles. The Morgan fingerprint density at radius 2 is 1.72 bits per heavy atom. The van der Waals surface area contributed by atoms with Gasteiger partial charge in [-0.2, -0.15) is 0 Å². The first-order valence-corrected chi connectivity index (χ1v) is 7.77. The Morgan fingerprint density at radius 1 is 1.11 bits per heavy atom. The molecule has 1 N–H and O–H groups in total. The molecule has 0 bridgehead atoms. The van der Waals surface area contributed by atoms with Gasteiger partial charge in [0, 0.05) is 32.1 Å². The molecule has 1 amide bonds. The van der Waals surface area contributed by atoms with Gasteiger partial charge in [0.2, 0.25) is 5.91 Å². The van der Waals surface area contributed by atoms with Gasteiger partial charge in [-0.1, -0.05) is 13.3 Å². The molecule has 0 aromatic heterocycles. The lowest BCUT2D eigenvalue weighted by molar-refractivity contribution is -0.136. The van der Waals surface area contributed by atoms with Crippen LogP contribution in [0.5, 0.6) is 0 Å². The average molecular weight is 250 g/mol. The summed E-state index contributed by atoms with van der Waals surface area (Å²) in [7, 11) is 0. The molecule has 0 spiro atoms. The Bertz CT molecular complexity index is 298. The third kappa shape index (κ3) is 2.29. The first-order valence-electron chi connectivity index (χ1n) is 7.77. The van der Waals surface area contributed by atoms with Crippen LogP contribution in [0, 0.1) is 23.7 Å². The van der Waals surface area contributed by atoms with E-state index in [9.17, 15) is 4.79 Å². The second kappa shape index (κ2) is 5.20. The molecule has 0 aromatic carbocycles. The number of carbonyl (C=O) groups is 1. The second-order valence-corrected chi connectivity index (χ2v) is 6.55. The van der Waals surface area contributed by atoms with Crippen molar-refractivity contribution < 1.29 is 4.79 Å². The highest BCUT2D eigenvalue weighted by Crippen LogP contribution is 2.34. The van der Waals surface area contributed by atoms with Crippen LogP contribution in [-0.4, -0.2) is 37.0 Å². The molecule has 3 nitrogen and oxygen atoms in total. The molecule has 0 radical (unpaired) electrons. The summed E-state index contributed by atoms with van der Waals surface area (Å²) < 4.78 is 0. The zero-order valence-electron chi connectivity index (χ0n) is 11.5. The Balaban J connectivity index is 1.53.